The van der Waals surface area contributed by atoms with E-state index in [0.29, 0.717) is 31.4 Å². The van der Waals surface area contributed by atoms with Crippen LogP contribution in [0.4, 0.5) is 0 Å². The Balaban J connectivity index is 2.08. The first-order valence-corrected chi connectivity index (χ1v) is 11.9. The quantitative estimate of drug-likeness (QED) is 0.381. The third-order valence-corrected chi connectivity index (χ3v) is 8.52. The highest BCUT2D eigenvalue weighted by molar-refractivity contribution is 7.93. The zero-order valence-electron chi connectivity index (χ0n) is 18.2. The minimum atomic E-state index is -4.29. The topological polar surface area (TPSA) is 127 Å². The number of nitrogens with zero attached hydrogens (tertiary/aromatic N) is 1. The van der Waals surface area contributed by atoms with Crippen molar-refractivity contribution < 1.29 is 27.9 Å². The highest BCUT2D eigenvalue weighted by Crippen LogP contribution is 2.40. The summed E-state index contributed by atoms with van der Waals surface area (Å²) in [7, 11) is -1.18. The van der Waals surface area contributed by atoms with Crippen LogP contribution in [0.1, 0.15) is 31.2 Å². The Kier molecular flexibility index (Phi) is 7.83. The van der Waals surface area contributed by atoms with Gasteiger partial charge in [0.1, 0.15) is 5.75 Å². The van der Waals surface area contributed by atoms with Crippen LogP contribution in [-0.4, -0.2) is 49.7 Å². The summed E-state index contributed by atoms with van der Waals surface area (Å²) in [5.74, 6) is -1.11. The van der Waals surface area contributed by atoms with Crippen molar-refractivity contribution in [3.05, 3.63) is 54.4 Å². The van der Waals surface area contributed by atoms with E-state index >= 15 is 0 Å². The molecule has 1 aliphatic carbocycles. The van der Waals surface area contributed by atoms with E-state index < -0.39 is 26.5 Å². The lowest BCUT2D eigenvalue weighted by molar-refractivity contribution is -0.135. The van der Waals surface area contributed by atoms with Gasteiger partial charge in [-0.2, -0.15) is 0 Å². The monoisotopic (exact) mass is 463 g/mol. The standard InChI is InChI=1S/C22H29N3O6S/c1-30-18-5-3-17(4-6-18)22(21(26)25-27,24-15-16-11-13-23-14-12-16)32(28,29)20-9-7-19(31-2)8-10-20/h7-14,17-18,24,27H,3-6,15H2,1-2H3,(H,25,26)/t17?,18?,22-/m1/s1. The molecule has 9 nitrogen and oxygen atoms in total. The van der Waals surface area contributed by atoms with Crippen LogP contribution in [-0.2, 0) is 25.9 Å². The lowest BCUT2D eigenvalue weighted by atomic mass is 9.81. The van der Waals surface area contributed by atoms with Crippen LogP contribution in [0.15, 0.2) is 53.7 Å². The molecule has 1 atom stereocenters. The van der Waals surface area contributed by atoms with Crippen molar-refractivity contribution in [2.75, 3.05) is 14.2 Å². The number of carbonyl (C=O) groups is 1. The molecular formula is C22H29N3O6S. The fourth-order valence-electron chi connectivity index (χ4n) is 4.31. The Morgan fingerprint density at radius 2 is 1.72 bits per heavy atom. The third-order valence-electron chi connectivity index (χ3n) is 6.12. The van der Waals surface area contributed by atoms with Crippen molar-refractivity contribution in [2.45, 2.75) is 48.1 Å². The fraction of sp³-hybridized carbons (Fsp3) is 0.455. The van der Waals surface area contributed by atoms with Crippen molar-refractivity contribution >= 4 is 15.7 Å². The summed E-state index contributed by atoms with van der Waals surface area (Å²) in [6.07, 6.45) is 5.27. The number of hydrogen-bond donors (Lipinski definition) is 3. The van der Waals surface area contributed by atoms with E-state index in [1.165, 1.54) is 31.4 Å². The minimum Gasteiger partial charge on any atom is -0.497 e. The maximum Gasteiger partial charge on any atom is 0.280 e. The molecule has 0 aliphatic heterocycles. The van der Waals surface area contributed by atoms with E-state index in [2.05, 4.69) is 10.3 Å². The number of carbonyl (C=O) groups excluding carboxylic acids is 1. The Hall–Kier alpha value is -2.53. The normalized spacial score (nSPS) is 20.8. The smallest absolute Gasteiger partial charge is 0.280 e. The van der Waals surface area contributed by atoms with Crippen LogP contribution in [0.3, 0.4) is 0 Å². The molecule has 10 heteroatoms. The zero-order chi connectivity index (χ0) is 23.2. The van der Waals surface area contributed by atoms with Crippen molar-refractivity contribution in [1.82, 2.24) is 15.8 Å². The molecule has 1 aromatic carbocycles. The summed E-state index contributed by atoms with van der Waals surface area (Å²) in [6, 6.07) is 9.33. The van der Waals surface area contributed by atoms with Gasteiger partial charge in [0.2, 0.25) is 14.7 Å². The highest BCUT2D eigenvalue weighted by atomic mass is 32.2. The Morgan fingerprint density at radius 1 is 1.09 bits per heavy atom. The van der Waals surface area contributed by atoms with Gasteiger partial charge in [0, 0.05) is 32.0 Å². The number of benzene rings is 1. The summed E-state index contributed by atoms with van der Waals surface area (Å²) in [5, 5.41) is 12.6. The first-order chi connectivity index (χ1) is 15.4. The first-order valence-electron chi connectivity index (χ1n) is 10.4. The number of hydroxylamine groups is 1. The summed E-state index contributed by atoms with van der Waals surface area (Å²) in [4.78, 5) is 15.0. The van der Waals surface area contributed by atoms with Gasteiger partial charge in [-0.1, -0.05) is 0 Å². The molecule has 3 N–H and O–H groups in total. The van der Waals surface area contributed by atoms with E-state index in [4.69, 9.17) is 9.47 Å². The summed E-state index contributed by atoms with van der Waals surface area (Å²) in [6.45, 7) is 0.0928. The highest BCUT2D eigenvalue weighted by Gasteiger charge is 2.57. The van der Waals surface area contributed by atoms with Gasteiger partial charge in [0.25, 0.3) is 5.91 Å². The van der Waals surface area contributed by atoms with Gasteiger partial charge in [-0.05, 0) is 67.6 Å². The molecule has 3 rings (SSSR count). The van der Waals surface area contributed by atoms with Crippen LogP contribution in [0, 0.1) is 5.92 Å². The number of hydrogen-bond acceptors (Lipinski definition) is 8. The van der Waals surface area contributed by atoms with Crippen LogP contribution in [0.5, 0.6) is 5.75 Å². The van der Waals surface area contributed by atoms with Crippen LogP contribution < -0.4 is 15.5 Å². The van der Waals surface area contributed by atoms with Crippen molar-refractivity contribution in [2.24, 2.45) is 5.92 Å². The molecule has 0 unspecified atom stereocenters. The molecule has 1 heterocycles. The average molecular weight is 464 g/mol. The SMILES string of the molecule is COc1ccc(S(=O)(=O)[C@@](NCc2ccncc2)(C(=O)NO)C2CCC(OC)CC2)cc1. The molecule has 32 heavy (non-hydrogen) atoms. The molecule has 1 amide bonds. The number of nitrogens with one attached hydrogen (secondary N) is 2. The molecular weight excluding hydrogens is 434 g/mol. The van der Waals surface area contributed by atoms with E-state index in [9.17, 15) is 18.4 Å². The number of amides is 1. The number of methoxy groups -OCH3 is 2. The van der Waals surface area contributed by atoms with Gasteiger partial charge in [0.15, 0.2) is 0 Å². The van der Waals surface area contributed by atoms with Gasteiger partial charge >= 0.3 is 0 Å². The predicted molar refractivity (Wildman–Crippen MR) is 117 cm³/mol. The molecule has 1 saturated carbocycles. The number of rotatable bonds is 9. The van der Waals surface area contributed by atoms with Gasteiger partial charge in [-0.15, -0.1) is 0 Å². The number of sulfone groups is 1. The van der Waals surface area contributed by atoms with Gasteiger partial charge < -0.3 is 9.47 Å². The molecule has 1 aliphatic rings. The molecule has 1 fully saturated rings. The zero-order valence-corrected chi connectivity index (χ0v) is 19.0. The maximum absolute atomic E-state index is 14.0. The van der Waals surface area contributed by atoms with E-state index in [-0.39, 0.29) is 17.5 Å². The fourth-order valence-corrected chi connectivity index (χ4v) is 6.40. The summed E-state index contributed by atoms with van der Waals surface area (Å²) < 4.78 is 38.6. The molecule has 2 aromatic rings. The van der Waals surface area contributed by atoms with Crippen molar-refractivity contribution in [3.8, 4) is 5.75 Å². The first kappa shape index (κ1) is 24.1. The second-order valence-electron chi connectivity index (χ2n) is 7.77. The van der Waals surface area contributed by atoms with Gasteiger partial charge in [-0.25, -0.2) is 13.9 Å². The predicted octanol–water partition coefficient (Wildman–Crippen LogP) is 2.06. The molecule has 0 saturated heterocycles. The van der Waals surface area contributed by atoms with Crippen LogP contribution in [0.25, 0.3) is 0 Å². The van der Waals surface area contributed by atoms with Crippen LogP contribution in [0.2, 0.25) is 0 Å². The Bertz CT molecular complexity index is 992. The summed E-state index contributed by atoms with van der Waals surface area (Å²) >= 11 is 0. The van der Waals surface area contributed by atoms with Gasteiger partial charge in [0.05, 0.1) is 18.1 Å². The lowest BCUT2D eigenvalue weighted by Crippen LogP contribution is -2.66. The molecule has 174 valence electrons. The van der Waals surface area contributed by atoms with E-state index in [1.807, 2.05) is 0 Å². The Morgan fingerprint density at radius 3 is 2.25 bits per heavy atom. The molecule has 1 aromatic heterocycles. The third kappa shape index (κ3) is 4.63. The van der Waals surface area contributed by atoms with E-state index in [0.717, 1.165) is 5.56 Å². The largest absolute Gasteiger partial charge is 0.497 e. The van der Waals surface area contributed by atoms with Gasteiger partial charge in [-0.3, -0.25) is 20.3 Å². The Labute approximate surface area is 188 Å². The molecule has 0 radical (unpaired) electrons. The van der Waals surface area contributed by atoms with Crippen LogP contribution >= 0.6 is 0 Å². The minimum absolute atomic E-state index is 0.00465. The molecule has 0 bridgehead atoms. The second-order valence-corrected chi connectivity index (χ2v) is 9.90. The van der Waals surface area contributed by atoms with Crippen molar-refractivity contribution in [3.63, 3.8) is 0 Å². The number of pyridine rings is 1. The maximum atomic E-state index is 14.0. The lowest BCUT2D eigenvalue weighted by Gasteiger charge is -2.42. The average Bonchev–Trinajstić information content (AvgIpc) is 2.85. The number of aromatic nitrogens is 1. The van der Waals surface area contributed by atoms with E-state index in [1.54, 1.807) is 37.1 Å². The molecule has 0 spiro atoms. The summed E-state index contributed by atoms with van der Waals surface area (Å²) in [5.41, 5.74) is 2.37. The van der Waals surface area contributed by atoms with Crippen molar-refractivity contribution in [1.29, 1.82) is 0 Å². The second kappa shape index (κ2) is 10.4. The number of ether oxygens (including phenoxy) is 2.